The summed E-state index contributed by atoms with van der Waals surface area (Å²) in [6, 6.07) is 4.74. The van der Waals surface area contributed by atoms with Gasteiger partial charge in [-0.2, -0.15) is 11.8 Å². The number of morpholine rings is 1. The van der Waals surface area contributed by atoms with Crippen molar-refractivity contribution in [1.82, 2.24) is 15.1 Å². The van der Waals surface area contributed by atoms with E-state index in [2.05, 4.69) is 65.2 Å². The molecular formula is C19H33IN4OS2. The molecule has 0 aromatic carbocycles. The van der Waals surface area contributed by atoms with Crippen LogP contribution in [-0.2, 0) is 4.74 Å². The number of rotatable bonds is 5. The van der Waals surface area contributed by atoms with Crippen molar-refractivity contribution in [2.24, 2.45) is 4.99 Å². The molecule has 2 aliphatic heterocycles. The van der Waals surface area contributed by atoms with Gasteiger partial charge in [0.1, 0.15) is 0 Å². The quantitative estimate of drug-likeness (QED) is 0.363. The molecule has 2 saturated heterocycles. The van der Waals surface area contributed by atoms with E-state index < -0.39 is 0 Å². The first-order chi connectivity index (χ1) is 12.6. The van der Waals surface area contributed by atoms with Crippen molar-refractivity contribution in [3.8, 4) is 0 Å². The van der Waals surface area contributed by atoms with Gasteiger partial charge in [0.2, 0.25) is 0 Å². The lowest BCUT2D eigenvalue weighted by Crippen LogP contribution is -2.51. The van der Waals surface area contributed by atoms with Gasteiger partial charge in [0, 0.05) is 48.1 Å². The van der Waals surface area contributed by atoms with Gasteiger partial charge in [-0.1, -0.05) is 6.07 Å². The standard InChI is InChI=1S/C19H32N4OS2.HI/c1-4-20-18(23-9-13-26-19(2,3)15-23)21-14-16(17-6-5-12-25-17)22-7-10-24-11-8-22;/h5-6,12,16H,4,7-11,13-15H2,1-3H3,(H,20,21);1H. The summed E-state index contributed by atoms with van der Waals surface area (Å²) in [6.07, 6.45) is 0. The number of ether oxygens (including phenoxy) is 1. The van der Waals surface area contributed by atoms with Crippen LogP contribution in [-0.4, -0.2) is 78.7 Å². The van der Waals surface area contributed by atoms with Gasteiger partial charge in [-0.3, -0.25) is 9.89 Å². The number of hydrogen-bond acceptors (Lipinski definition) is 5. The molecule has 3 heterocycles. The number of halogens is 1. The van der Waals surface area contributed by atoms with E-state index in [1.54, 1.807) is 0 Å². The van der Waals surface area contributed by atoms with Crippen LogP contribution in [0.3, 0.4) is 0 Å². The summed E-state index contributed by atoms with van der Waals surface area (Å²) >= 11 is 3.90. The normalized spacial score (nSPS) is 22.2. The number of thioether (sulfide) groups is 1. The maximum absolute atomic E-state index is 5.55. The largest absolute Gasteiger partial charge is 0.379 e. The molecule has 0 bridgehead atoms. The molecule has 27 heavy (non-hydrogen) atoms. The van der Waals surface area contributed by atoms with Crippen molar-refractivity contribution in [1.29, 1.82) is 0 Å². The van der Waals surface area contributed by atoms with Crippen LogP contribution >= 0.6 is 47.1 Å². The highest BCUT2D eigenvalue weighted by molar-refractivity contribution is 14.0. The molecule has 0 radical (unpaired) electrons. The van der Waals surface area contributed by atoms with Crippen molar-refractivity contribution < 1.29 is 4.74 Å². The number of aliphatic imine (C=N–C) groups is 1. The summed E-state index contributed by atoms with van der Waals surface area (Å²) in [5, 5.41) is 5.69. The highest BCUT2D eigenvalue weighted by Crippen LogP contribution is 2.30. The Morgan fingerprint density at radius 2 is 2.11 bits per heavy atom. The van der Waals surface area contributed by atoms with Gasteiger partial charge in [-0.25, -0.2) is 0 Å². The summed E-state index contributed by atoms with van der Waals surface area (Å²) in [5.74, 6) is 2.23. The van der Waals surface area contributed by atoms with E-state index in [-0.39, 0.29) is 28.7 Å². The molecule has 1 unspecified atom stereocenters. The van der Waals surface area contributed by atoms with Crippen LogP contribution in [0.4, 0.5) is 0 Å². The summed E-state index contributed by atoms with van der Waals surface area (Å²) in [5.41, 5.74) is 0. The Bertz CT molecular complexity index is 576. The minimum Gasteiger partial charge on any atom is -0.379 e. The van der Waals surface area contributed by atoms with Crippen molar-refractivity contribution in [3.05, 3.63) is 22.4 Å². The molecular weight excluding hydrogens is 491 g/mol. The predicted molar refractivity (Wildman–Crippen MR) is 129 cm³/mol. The van der Waals surface area contributed by atoms with Crippen LogP contribution in [0.2, 0.25) is 0 Å². The molecule has 8 heteroatoms. The lowest BCUT2D eigenvalue weighted by atomic mass is 10.2. The van der Waals surface area contributed by atoms with E-state index in [4.69, 9.17) is 9.73 Å². The Kier molecular flexibility index (Phi) is 9.67. The van der Waals surface area contributed by atoms with Crippen molar-refractivity contribution in [2.45, 2.75) is 31.6 Å². The van der Waals surface area contributed by atoms with Crippen LogP contribution in [0, 0.1) is 0 Å². The summed E-state index contributed by atoms with van der Waals surface area (Å²) < 4.78 is 5.84. The van der Waals surface area contributed by atoms with Gasteiger partial charge in [0.15, 0.2) is 5.96 Å². The maximum Gasteiger partial charge on any atom is 0.194 e. The number of thiophene rings is 1. The highest BCUT2D eigenvalue weighted by Gasteiger charge is 2.29. The van der Waals surface area contributed by atoms with E-state index in [1.807, 2.05) is 11.3 Å². The number of nitrogens with one attached hydrogen (secondary N) is 1. The Morgan fingerprint density at radius 3 is 2.74 bits per heavy atom. The average molecular weight is 525 g/mol. The average Bonchev–Trinajstić information content (AvgIpc) is 3.15. The minimum atomic E-state index is 0. The molecule has 1 N–H and O–H groups in total. The highest BCUT2D eigenvalue weighted by atomic mass is 127. The van der Waals surface area contributed by atoms with Crippen molar-refractivity contribution in [2.75, 3.05) is 58.2 Å². The summed E-state index contributed by atoms with van der Waals surface area (Å²) in [6.45, 7) is 14.3. The lowest BCUT2D eigenvalue weighted by molar-refractivity contribution is 0.0186. The van der Waals surface area contributed by atoms with E-state index in [0.29, 0.717) is 6.04 Å². The van der Waals surface area contributed by atoms with E-state index >= 15 is 0 Å². The Hall–Kier alpha value is -0.0300. The fourth-order valence-corrected chi connectivity index (χ4v) is 5.51. The Balaban J connectivity index is 0.00000261. The van der Waals surface area contributed by atoms with E-state index in [0.717, 1.165) is 64.2 Å². The SMILES string of the molecule is CCNC(=NCC(c1cccs1)N1CCOCC1)N1CCSC(C)(C)C1.I. The van der Waals surface area contributed by atoms with Gasteiger partial charge in [0.05, 0.1) is 25.8 Å². The van der Waals surface area contributed by atoms with E-state index in [9.17, 15) is 0 Å². The second-order valence-corrected chi connectivity index (χ2v) is 10.2. The molecule has 0 amide bonds. The summed E-state index contributed by atoms with van der Waals surface area (Å²) in [4.78, 5) is 11.4. The van der Waals surface area contributed by atoms with Gasteiger partial charge >= 0.3 is 0 Å². The first kappa shape index (κ1) is 23.3. The maximum atomic E-state index is 5.55. The molecule has 0 spiro atoms. The number of hydrogen-bond donors (Lipinski definition) is 1. The molecule has 1 aromatic rings. The number of nitrogens with zero attached hydrogens (tertiary/aromatic N) is 3. The third-order valence-electron chi connectivity index (χ3n) is 4.83. The number of guanidine groups is 1. The molecule has 3 rings (SSSR count). The molecule has 2 aliphatic rings. The summed E-state index contributed by atoms with van der Waals surface area (Å²) in [7, 11) is 0. The molecule has 0 saturated carbocycles. The predicted octanol–water partition coefficient (Wildman–Crippen LogP) is 3.53. The van der Waals surface area contributed by atoms with Crippen LogP contribution < -0.4 is 5.32 Å². The third-order valence-corrected chi connectivity index (χ3v) is 7.10. The first-order valence-corrected chi connectivity index (χ1v) is 11.5. The molecule has 154 valence electrons. The molecule has 2 fully saturated rings. The second-order valence-electron chi connectivity index (χ2n) is 7.40. The lowest BCUT2D eigenvalue weighted by Gasteiger charge is -2.39. The van der Waals surface area contributed by atoms with Crippen LogP contribution in [0.25, 0.3) is 0 Å². The molecule has 5 nitrogen and oxygen atoms in total. The van der Waals surface area contributed by atoms with Gasteiger partial charge in [-0.05, 0) is 32.2 Å². The van der Waals surface area contributed by atoms with Crippen LogP contribution in [0.15, 0.2) is 22.5 Å². The second kappa shape index (κ2) is 11.2. The van der Waals surface area contributed by atoms with Crippen molar-refractivity contribution in [3.63, 3.8) is 0 Å². The van der Waals surface area contributed by atoms with Gasteiger partial charge < -0.3 is 15.0 Å². The van der Waals surface area contributed by atoms with Crippen molar-refractivity contribution >= 4 is 53.0 Å². The Morgan fingerprint density at radius 1 is 1.33 bits per heavy atom. The Labute approximate surface area is 189 Å². The van der Waals surface area contributed by atoms with Crippen LogP contribution in [0.5, 0.6) is 0 Å². The third kappa shape index (κ3) is 6.76. The molecule has 1 atom stereocenters. The zero-order valence-corrected chi connectivity index (χ0v) is 20.6. The zero-order chi connectivity index (χ0) is 18.4. The fraction of sp³-hybridized carbons (Fsp3) is 0.737. The first-order valence-electron chi connectivity index (χ1n) is 9.61. The topological polar surface area (TPSA) is 40.1 Å². The smallest absolute Gasteiger partial charge is 0.194 e. The van der Waals surface area contributed by atoms with Gasteiger partial charge in [0.25, 0.3) is 0 Å². The van der Waals surface area contributed by atoms with E-state index in [1.165, 1.54) is 4.88 Å². The molecule has 1 aromatic heterocycles. The van der Waals surface area contributed by atoms with Gasteiger partial charge in [-0.15, -0.1) is 35.3 Å². The zero-order valence-electron chi connectivity index (χ0n) is 16.6. The van der Waals surface area contributed by atoms with Crippen LogP contribution in [0.1, 0.15) is 31.7 Å². The minimum absolute atomic E-state index is 0. The molecule has 0 aliphatic carbocycles. The fourth-order valence-electron chi connectivity index (χ4n) is 3.55. The monoisotopic (exact) mass is 524 g/mol.